The molecule has 0 amide bonds. The van der Waals surface area contributed by atoms with Crippen molar-refractivity contribution in [2.45, 2.75) is 46.3 Å². The van der Waals surface area contributed by atoms with Crippen LogP contribution in [0, 0.1) is 0 Å². The predicted octanol–water partition coefficient (Wildman–Crippen LogP) is 2.05. The van der Waals surface area contributed by atoms with Crippen molar-refractivity contribution in [2.75, 3.05) is 13.2 Å². The van der Waals surface area contributed by atoms with Crippen molar-refractivity contribution in [3.05, 3.63) is 0 Å². The molecule has 0 rings (SSSR count). The van der Waals surface area contributed by atoms with E-state index < -0.39 is 0 Å². The Morgan fingerprint density at radius 2 is 1.91 bits per heavy atom. The van der Waals surface area contributed by atoms with Gasteiger partial charge in [-0.25, -0.2) is 0 Å². The van der Waals surface area contributed by atoms with Gasteiger partial charge in [0.2, 0.25) is 0 Å². The fraction of sp³-hybridized carbons (Fsp3) is 1.00. The summed E-state index contributed by atoms with van der Waals surface area (Å²) in [6, 6.07) is 0.592. The van der Waals surface area contributed by atoms with Crippen molar-refractivity contribution >= 4 is 0 Å². The van der Waals surface area contributed by atoms with Crippen LogP contribution in [0.25, 0.3) is 0 Å². The summed E-state index contributed by atoms with van der Waals surface area (Å²) < 4.78 is 5.38. The van der Waals surface area contributed by atoms with Crippen molar-refractivity contribution in [3.8, 4) is 0 Å². The Morgan fingerprint density at radius 1 is 1.27 bits per heavy atom. The van der Waals surface area contributed by atoms with Gasteiger partial charge in [0.05, 0.1) is 6.10 Å². The lowest BCUT2D eigenvalue weighted by atomic mass is 10.3. The molecule has 1 N–H and O–H groups in total. The molecule has 0 aliphatic heterocycles. The van der Waals surface area contributed by atoms with Gasteiger partial charge >= 0.3 is 0 Å². The minimum absolute atomic E-state index is 0. The van der Waals surface area contributed by atoms with Crippen LogP contribution in [0.5, 0.6) is 0 Å². The minimum Gasteiger partial charge on any atom is -0.379 e. The number of ether oxygens (including phenoxy) is 1. The third-order valence-corrected chi connectivity index (χ3v) is 1.32. The van der Waals surface area contributed by atoms with Crippen molar-refractivity contribution in [1.29, 1.82) is 0 Å². The third-order valence-electron chi connectivity index (χ3n) is 1.32. The highest BCUT2D eigenvalue weighted by molar-refractivity contribution is 4.52. The molecule has 0 saturated heterocycles. The summed E-state index contributed by atoms with van der Waals surface area (Å²) in [5.41, 5.74) is 0. The maximum atomic E-state index is 5.38. The van der Waals surface area contributed by atoms with Crippen molar-refractivity contribution in [3.63, 3.8) is 0 Å². The largest absolute Gasteiger partial charge is 0.379 e. The molecule has 0 aromatic heterocycles. The van der Waals surface area contributed by atoms with E-state index in [-0.39, 0.29) is 1.43 Å². The second-order valence-corrected chi connectivity index (χ2v) is 3.38. The second kappa shape index (κ2) is 6.62. The van der Waals surface area contributed by atoms with E-state index in [1.54, 1.807) is 0 Å². The summed E-state index contributed by atoms with van der Waals surface area (Å²) in [6.07, 6.45) is 1.48. The quantitative estimate of drug-likeness (QED) is 0.602. The molecule has 0 fully saturated rings. The lowest BCUT2D eigenvalue weighted by Crippen LogP contribution is -2.24. The van der Waals surface area contributed by atoms with E-state index >= 15 is 0 Å². The van der Waals surface area contributed by atoms with Crippen molar-refractivity contribution in [2.24, 2.45) is 0 Å². The maximum absolute atomic E-state index is 5.38. The van der Waals surface area contributed by atoms with E-state index in [4.69, 9.17) is 4.74 Å². The summed E-state index contributed by atoms with van der Waals surface area (Å²) in [7, 11) is 0. The molecule has 0 aliphatic carbocycles. The van der Waals surface area contributed by atoms with Gasteiger partial charge in [0, 0.05) is 14.1 Å². The fourth-order valence-electron chi connectivity index (χ4n) is 0.782. The summed E-state index contributed by atoms with van der Waals surface area (Å²) in [4.78, 5) is 0. The first-order valence-electron chi connectivity index (χ1n) is 4.48. The Balaban J connectivity index is 0. The van der Waals surface area contributed by atoms with Crippen LogP contribution < -0.4 is 5.32 Å². The lowest BCUT2D eigenvalue weighted by molar-refractivity contribution is 0.0768. The Morgan fingerprint density at radius 3 is 2.36 bits per heavy atom. The van der Waals surface area contributed by atoms with Crippen LogP contribution in [0.1, 0.15) is 35.5 Å². The maximum Gasteiger partial charge on any atom is 0.0518 e. The van der Waals surface area contributed by atoms with Gasteiger partial charge in [-0.1, -0.05) is 13.8 Å². The van der Waals surface area contributed by atoms with Crippen LogP contribution in [-0.4, -0.2) is 25.3 Å². The smallest absolute Gasteiger partial charge is 0.0518 e. The first-order valence-corrected chi connectivity index (χ1v) is 4.48. The van der Waals surface area contributed by atoms with Gasteiger partial charge in [-0.2, -0.15) is 0 Å². The summed E-state index contributed by atoms with van der Waals surface area (Å²) in [5, 5.41) is 3.34. The molecule has 0 radical (unpaired) electrons. The summed E-state index contributed by atoms with van der Waals surface area (Å²) in [6.45, 7) is 10.4. The van der Waals surface area contributed by atoms with Crippen LogP contribution in [0.15, 0.2) is 0 Å². The normalized spacial score (nSPS) is 11.5. The van der Waals surface area contributed by atoms with Crippen LogP contribution in [0.2, 0.25) is 0 Å². The van der Waals surface area contributed by atoms with E-state index in [0.717, 1.165) is 19.6 Å². The molecule has 0 heterocycles. The van der Waals surface area contributed by atoms with Crippen molar-refractivity contribution < 1.29 is 6.16 Å². The van der Waals surface area contributed by atoms with Crippen molar-refractivity contribution in [1.82, 2.24) is 5.32 Å². The first kappa shape index (κ1) is 10.9. The zero-order valence-electron chi connectivity index (χ0n) is 8.18. The van der Waals surface area contributed by atoms with Gasteiger partial charge in [-0.3, -0.25) is 0 Å². The van der Waals surface area contributed by atoms with Gasteiger partial charge in [-0.15, -0.1) is 0 Å². The number of rotatable bonds is 6. The number of nitrogens with one attached hydrogen (secondary N) is 1. The first-order chi connectivity index (χ1) is 5.13. The van der Waals surface area contributed by atoms with Gasteiger partial charge < -0.3 is 10.1 Å². The second-order valence-electron chi connectivity index (χ2n) is 3.38. The van der Waals surface area contributed by atoms with E-state index in [9.17, 15) is 0 Å². The monoisotopic (exact) mass is 161 g/mol. The van der Waals surface area contributed by atoms with E-state index in [1.807, 2.05) is 0 Å². The summed E-state index contributed by atoms with van der Waals surface area (Å²) >= 11 is 0. The van der Waals surface area contributed by atoms with Crippen LogP contribution >= 0.6 is 0 Å². The molecule has 0 aromatic carbocycles. The average Bonchev–Trinajstić information content (AvgIpc) is 1.85. The third kappa shape index (κ3) is 9.92. The molecule has 0 unspecified atom stereocenters. The van der Waals surface area contributed by atoms with E-state index in [2.05, 4.69) is 33.0 Å². The van der Waals surface area contributed by atoms with Gasteiger partial charge in [0.25, 0.3) is 0 Å². The zero-order valence-corrected chi connectivity index (χ0v) is 8.18. The van der Waals surface area contributed by atoms with Gasteiger partial charge in [0.1, 0.15) is 0 Å². The highest BCUT2D eigenvalue weighted by Gasteiger charge is 1.93. The Labute approximate surface area is 71.8 Å². The molecular weight excluding hydrogens is 138 g/mol. The molecule has 2 nitrogen and oxygen atoms in total. The SMILES string of the molecule is CC(C)NCCCOC(C)C.[HH]. The molecule has 0 aromatic rings. The highest BCUT2D eigenvalue weighted by atomic mass is 16.5. The Bertz CT molecular complexity index is 76.6. The van der Waals surface area contributed by atoms with Gasteiger partial charge in [-0.05, 0) is 26.8 Å². The minimum atomic E-state index is 0. The number of hydrogen-bond donors (Lipinski definition) is 1. The zero-order chi connectivity index (χ0) is 8.69. The van der Waals surface area contributed by atoms with Crippen LogP contribution in [-0.2, 0) is 4.74 Å². The van der Waals surface area contributed by atoms with Crippen LogP contribution in [0.3, 0.4) is 0 Å². The Kier molecular flexibility index (Phi) is 6.57. The predicted molar refractivity (Wildman–Crippen MR) is 51.0 cm³/mol. The van der Waals surface area contributed by atoms with E-state index in [1.165, 1.54) is 0 Å². The topological polar surface area (TPSA) is 21.3 Å². The standard InChI is InChI=1S/C9H21NO.H2/c1-8(2)10-6-5-7-11-9(3)4;/h8-10H,5-7H2,1-4H3;1H. The molecule has 11 heavy (non-hydrogen) atoms. The molecular formula is C9H23NO. The van der Waals surface area contributed by atoms with Crippen LogP contribution in [0.4, 0.5) is 0 Å². The summed E-state index contributed by atoms with van der Waals surface area (Å²) in [5.74, 6) is 0. The molecule has 0 atom stereocenters. The molecule has 0 spiro atoms. The van der Waals surface area contributed by atoms with Gasteiger partial charge in [0.15, 0.2) is 0 Å². The highest BCUT2D eigenvalue weighted by Crippen LogP contribution is 1.89. The average molecular weight is 161 g/mol. The molecule has 2 heteroatoms. The molecule has 0 saturated carbocycles. The fourth-order valence-corrected chi connectivity index (χ4v) is 0.782. The molecule has 70 valence electrons. The van der Waals surface area contributed by atoms with E-state index in [0.29, 0.717) is 12.1 Å². The molecule has 0 bridgehead atoms. The lowest BCUT2D eigenvalue weighted by Gasteiger charge is -2.09. The number of hydrogen-bond acceptors (Lipinski definition) is 2. The Hall–Kier alpha value is -0.0800. The molecule has 0 aliphatic rings.